The minimum Gasteiger partial charge on any atom is -0.351 e. The first-order chi connectivity index (χ1) is 9.11. The van der Waals surface area contributed by atoms with Crippen molar-refractivity contribution in [1.29, 1.82) is 0 Å². The predicted octanol–water partition coefficient (Wildman–Crippen LogP) is 1.93. The van der Waals surface area contributed by atoms with Crippen LogP contribution in [0.2, 0.25) is 0 Å². The van der Waals surface area contributed by atoms with E-state index in [-0.39, 0.29) is 5.91 Å². The molecule has 0 aliphatic heterocycles. The Bertz CT molecular complexity index is 490. The van der Waals surface area contributed by atoms with Gasteiger partial charge < -0.3 is 16.4 Å². The minimum atomic E-state index is -0.602. The molecule has 5 nitrogen and oxygen atoms in total. The van der Waals surface area contributed by atoms with Crippen LogP contribution in [0.15, 0.2) is 48.6 Å². The molecule has 100 valence electrons. The maximum absolute atomic E-state index is 11.4. The first kappa shape index (κ1) is 14.5. The van der Waals surface area contributed by atoms with Crippen molar-refractivity contribution in [2.45, 2.75) is 13.5 Å². The number of rotatable bonds is 5. The first-order valence-corrected chi connectivity index (χ1v) is 5.84. The number of anilines is 1. The highest BCUT2D eigenvalue weighted by atomic mass is 16.2. The molecule has 0 radical (unpaired) electrons. The van der Waals surface area contributed by atoms with Crippen LogP contribution in [0.5, 0.6) is 0 Å². The lowest BCUT2D eigenvalue weighted by Gasteiger charge is -2.05. The fourth-order valence-corrected chi connectivity index (χ4v) is 1.35. The number of carbonyl (C=O) groups is 2. The average molecular weight is 259 g/mol. The number of carbonyl (C=O) groups excluding carboxylic acids is 2. The number of urea groups is 1. The molecule has 19 heavy (non-hydrogen) atoms. The van der Waals surface area contributed by atoms with Crippen molar-refractivity contribution in [3.05, 3.63) is 54.1 Å². The molecule has 3 amide bonds. The van der Waals surface area contributed by atoms with Crippen LogP contribution in [0.4, 0.5) is 10.5 Å². The molecule has 0 bridgehead atoms. The van der Waals surface area contributed by atoms with Crippen molar-refractivity contribution < 1.29 is 9.59 Å². The van der Waals surface area contributed by atoms with E-state index < -0.39 is 6.03 Å². The smallest absolute Gasteiger partial charge is 0.316 e. The van der Waals surface area contributed by atoms with Crippen molar-refractivity contribution in [1.82, 2.24) is 5.32 Å². The normalized spacial score (nSPS) is 10.8. The fraction of sp³-hybridized carbons (Fsp3) is 0.143. The summed E-state index contributed by atoms with van der Waals surface area (Å²) in [7, 11) is 0. The Kier molecular flexibility index (Phi) is 5.88. The van der Waals surface area contributed by atoms with E-state index in [0.29, 0.717) is 12.2 Å². The quantitative estimate of drug-likeness (QED) is 0.557. The molecule has 0 heterocycles. The third kappa shape index (κ3) is 6.07. The predicted molar refractivity (Wildman–Crippen MR) is 75.4 cm³/mol. The highest BCUT2D eigenvalue weighted by Gasteiger charge is 1.98. The van der Waals surface area contributed by atoms with Gasteiger partial charge in [0, 0.05) is 18.3 Å². The van der Waals surface area contributed by atoms with E-state index in [1.54, 1.807) is 36.4 Å². The van der Waals surface area contributed by atoms with E-state index in [1.165, 1.54) is 6.08 Å². The zero-order chi connectivity index (χ0) is 14.1. The summed E-state index contributed by atoms with van der Waals surface area (Å²) >= 11 is 0. The van der Waals surface area contributed by atoms with Crippen LogP contribution in [0.3, 0.4) is 0 Å². The van der Waals surface area contributed by atoms with Crippen molar-refractivity contribution in [3.8, 4) is 0 Å². The van der Waals surface area contributed by atoms with Gasteiger partial charge in [0.25, 0.3) is 0 Å². The number of allylic oxidation sites excluding steroid dienone is 3. The van der Waals surface area contributed by atoms with Crippen molar-refractivity contribution in [2.75, 3.05) is 5.32 Å². The summed E-state index contributed by atoms with van der Waals surface area (Å²) in [6.45, 7) is 2.31. The molecule has 1 rings (SSSR count). The summed E-state index contributed by atoms with van der Waals surface area (Å²) in [6, 6.07) is 6.46. The zero-order valence-electron chi connectivity index (χ0n) is 10.7. The fourth-order valence-electron chi connectivity index (χ4n) is 1.35. The van der Waals surface area contributed by atoms with Crippen LogP contribution < -0.4 is 16.4 Å². The molecular weight excluding hydrogens is 242 g/mol. The SMILES string of the molecule is C/C=C/C=C/C(=O)NCc1ccc(NC(N)=O)cc1. The number of amides is 3. The van der Waals surface area contributed by atoms with Crippen molar-refractivity contribution in [3.63, 3.8) is 0 Å². The highest BCUT2D eigenvalue weighted by molar-refractivity contribution is 5.88. The van der Waals surface area contributed by atoms with Crippen LogP contribution in [0.25, 0.3) is 0 Å². The van der Waals surface area contributed by atoms with Gasteiger partial charge in [0.2, 0.25) is 5.91 Å². The van der Waals surface area contributed by atoms with Gasteiger partial charge in [0.05, 0.1) is 0 Å². The Morgan fingerprint density at radius 2 is 1.89 bits per heavy atom. The molecule has 0 aromatic heterocycles. The largest absolute Gasteiger partial charge is 0.351 e. The van der Waals surface area contributed by atoms with Crippen molar-refractivity contribution in [2.24, 2.45) is 5.73 Å². The summed E-state index contributed by atoms with van der Waals surface area (Å²) in [5.41, 5.74) is 6.55. The molecular formula is C14H17N3O2. The summed E-state index contributed by atoms with van der Waals surface area (Å²) < 4.78 is 0. The minimum absolute atomic E-state index is 0.155. The molecule has 0 atom stereocenters. The second kappa shape index (κ2) is 7.71. The Morgan fingerprint density at radius 1 is 1.21 bits per heavy atom. The molecule has 0 aliphatic rings. The van der Waals surface area contributed by atoms with E-state index >= 15 is 0 Å². The number of primary amides is 1. The Balaban J connectivity index is 2.45. The van der Waals surface area contributed by atoms with E-state index in [4.69, 9.17) is 5.73 Å². The third-order valence-corrected chi connectivity index (χ3v) is 2.24. The van der Waals surface area contributed by atoms with Gasteiger partial charge in [-0.3, -0.25) is 4.79 Å². The van der Waals surface area contributed by atoms with Crippen LogP contribution in [0, 0.1) is 0 Å². The summed E-state index contributed by atoms with van der Waals surface area (Å²) in [5, 5.41) is 5.21. The molecule has 0 saturated carbocycles. The van der Waals surface area contributed by atoms with Gasteiger partial charge in [-0.05, 0) is 24.6 Å². The van der Waals surface area contributed by atoms with Crippen LogP contribution in [-0.4, -0.2) is 11.9 Å². The Hall–Kier alpha value is -2.56. The summed E-state index contributed by atoms with van der Waals surface area (Å²) in [4.78, 5) is 22.0. The van der Waals surface area contributed by atoms with Gasteiger partial charge in [-0.1, -0.05) is 30.4 Å². The van der Waals surface area contributed by atoms with Gasteiger partial charge in [0.1, 0.15) is 0 Å². The van der Waals surface area contributed by atoms with Crippen LogP contribution in [-0.2, 0) is 11.3 Å². The molecule has 5 heteroatoms. The maximum atomic E-state index is 11.4. The van der Waals surface area contributed by atoms with E-state index in [0.717, 1.165) is 5.56 Å². The lowest BCUT2D eigenvalue weighted by molar-refractivity contribution is -0.116. The molecule has 0 fully saturated rings. The maximum Gasteiger partial charge on any atom is 0.316 e. The zero-order valence-corrected chi connectivity index (χ0v) is 10.7. The van der Waals surface area contributed by atoms with Gasteiger partial charge >= 0.3 is 6.03 Å². The lowest BCUT2D eigenvalue weighted by Crippen LogP contribution is -2.20. The first-order valence-electron chi connectivity index (χ1n) is 5.84. The Labute approximate surface area is 112 Å². The monoisotopic (exact) mass is 259 g/mol. The molecule has 0 aliphatic carbocycles. The van der Waals surface area contributed by atoms with E-state index in [2.05, 4.69) is 10.6 Å². The Morgan fingerprint density at radius 3 is 2.47 bits per heavy atom. The van der Waals surface area contributed by atoms with Gasteiger partial charge in [0.15, 0.2) is 0 Å². The topological polar surface area (TPSA) is 84.2 Å². The van der Waals surface area contributed by atoms with Crippen LogP contribution >= 0.6 is 0 Å². The second-order valence-electron chi connectivity index (χ2n) is 3.79. The third-order valence-electron chi connectivity index (χ3n) is 2.24. The number of hydrogen-bond acceptors (Lipinski definition) is 2. The number of benzene rings is 1. The number of nitrogens with one attached hydrogen (secondary N) is 2. The standard InChI is InChI=1S/C14H17N3O2/c1-2-3-4-5-13(18)16-10-11-6-8-12(9-7-11)17-14(15)19/h2-9H,10H2,1H3,(H,16,18)(H3,15,17,19)/b3-2+,5-4+. The lowest BCUT2D eigenvalue weighted by atomic mass is 10.2. The molecule has 1 aromatic rings. The molecule has 0 spiro atoms. The summed E-state index contributed by atoms with van der Waals surface area (Å²) in [6.07, 6.45) is 6.76. The van der Waals surface area contributed by atoms with E-state index in [1.807, 2.05) is 13.0 Å². The molecule has 0 unspecified atom stereocenters. The van der Waals surface area contributed by atoms with E-state index in [9.17, 15) is 9.59 Å². The second-order valence-corrected chi connectivity index (χ2v) is 3.79. The molecule has 1 aromatic carbocycles. The summed E-state index contributed by atoms with van der Waals surface area (Å²) in [5.74, 6) is -0.155. The number of hydrogen-bond donors (Lipinski definition) is 3. The number of nitrogens with two attached hydrogens (primary N) is 1. The van der Waals surface area contributed by atoms with Gasteiger partial charge in [-0.2, -0.15) is 0 Å². The van der Waals surface area contributed by atoms with Crippen molar-refractivity contribution >= 4 is 17.6 Å². The van der Waals surface area contributed by atoms with Gasteiger partial charge in [-0.15, -0.1) is 0 Å². The van der Waals surface area contributed by atoms with Gasteiger partial charge in [-0.25, -0.2) is 4.79 Å². The highest BCUT2D eigenvalue weighted by Crippen LogP contribution is 2.08. The molecule has 4 N–H and O–H groups in total. The average Bonchev–Trinajstić information content (AvgIpc) is 2.37. The molecule has 0 saturated heterocycles. The van der Waals surface area contributed by atoms with Crippen LogP contribution in [0.1, 0.15) is 12.5 Å².